The van der Waals surface area contributed by atoms with Crippen LogP contribution in [0.25, 0.3) is 18.2 Å². The SMILES string of the molecule is C=Cc1ccccc1/C=C/c1ccncc1. The molecule has 2 aromatic rings. The summed E-state index contributed by atoms with van der Waals surface area (Å²) in [7, 11) is 0. The van der Waals surface area contributed by atoms with Crippen molar-refractivity contribution in [3.63, 3.8) is 0 Å². The second kappa shape index (κ2) is 5.08. The number of aromatic nitrogens is 1. The third-order valence-electron chi connectivity index (χ3n) is 2.38. The minimum Gasteiger partial charge on any atom is -0.265 e. The van der Waals surface area contributed by atoms with E-state index in [0.29, 0.717) is 0 Å². The maximum absolute atomic E-state index is 3.98. The fourth-order valence-electron chi connectivity index (χ4n) is 1.51. The van der Waals surface area contributed by atoms with Crippen molar-refractivity contribution < 1.29 is 0 Å². The molecule has 0 saturated heterocycles. The molecule has 0 aliphatic heterocycles. The molecular weight excluding hydrogens is 194 g/mol. The Morgan fingerprint density at radius 3 is 2.25 bits per heavy atom. The van der Waals surface area contributed by atoms with Gasteiger partial charge in [-0.1, -0.05) is 49.1 Å². The molecule has 0 unspecified atom stereocenters. The minimum atomic E-state index is 1.15. The predicted octanol–water partition coefficient (Wildman–Crippen LogP) is 3.90. The second-order valence-corrected chi connectivity index (χ2v) is 3.45. The highest BCUT2D eigenvalue weighted by atomic mass is 14.6. The van der Waals surface area contributed by atoms with Crippen LogP contribution in [-0.2, 0) is 0 Å². The molecule has 0 spiro atoms. The smallest absolute Gasteiger partial charge is 0.0273 e. The van der Waals surface area contributed by atoms with Gasteiger partial charge in [-0.15, -0.1) is 0 Å². The van der Waals surface area contributed by atoms with E-state index in [1.54, 1.807) is 12.4 Å². The molecule has 0 bridgehead atoms. The number of hydrogen-bond acceptors (Lipinski definition) is 1. The summed E-state index contributed by atoms with van der Waals surface area (Å²) >= 11 is 0. The van der Waals surface area contributed by atoms with Crippen molar-refractivity contribution in [3.8, 4) is 0 Å². The van der Waals surface area contributed by atoms with Gasteiger partial charge in [0.05, 0.1) is 0 Å². The van der Waals surface area contributed by atoms with E-state index in [2.05, 4.69) is 35.8 Å². The first kappa shape index (κ1) is 10.4. The lowest BCUT2D eigenvalue weighted by molar-refractivity contribution is 1.32. The molecule has 1 heterocycles. The molecule has 0 aliphatic rings. The van der Waals surface area contributed by atoms with Crippen molar-refractivity contribution in [1.82, 2.24) is 4.98 Å². The monoisotopic (exact) mass is 207 g/mol. The molecule has 0 amide bonds. The first-order valence-electron chi connectivity index (χ1n) is 5.20. The van der Waals surface area contributed by atoms with Crippen molar-refractivity contribution in [1.29, 1.82) is 0 Å². The molecule has 16 heavy (non-hydrogen) atoms. The minimum absolute atomic E-state index is 1.15. The predicted molar refractivity (Wildman–Crippen MR) is 69.7 cm³/mol. The van der Waals surface area contributed by atoms with Crippen LogP contribution in [0.4, 0.5) is 0 Å². The fourth-order valence-corrected chi connectivity index (χ4v) is 1.51. The van der Waals surface area contributed by atoms with Crippen molar-refractivity contribution in [2.75, 3.05) is 0 Å². The number of benzene rings is 1. The molecule has 0 N–H and O–H groups in total. The Labute approximate surface area is 95.8 Å². The van der Waals surface area contributed by atoms with Gasteiger partial charge in [-0.25, -0.2) is 0 Å². The molecule has 0 fully saturated rings. The van der Waals surface area contributed by atoms with Crippen LogP contribution < -0.4 is 0 Å². The quantitative estimate of drug-likeness (QED) is 0.744. The van der Waals surface area contributed by atoms with Gasteiger partial charge in [-0.05, 0) is 28.8 Å². The summed E-state index contributed by atoms with van der Waals surface area (Å²) in [6.45, 7) is 3.80. The van der Waals surface area contributed by atoms with Crippen LogP contribution >= 0.6 is 0 Å². The van der Waals surface area contributed by atoms with Gasteiger partial charge in [-0.2, -0.15) is 0 Å². The molecule has 78 valence electrons. The second-order valence-electron chi connectivity index (χ2n) is 3.45. The van der Waals surface area contributed by atoms with Gasteiger partial charge in [0.1, 0.15) is 0 Å². The van der Waals surface area contributed by atoms with Gasteiger partial charge in [0.25, 0.3) is 0 Å². The molecule has 1 aromatic carbocycles. The number of hydrogen-bond donors (Lipinski definition) is 0. The van der Waals surface area contributed by atoms with Gasteiger partial charge in [0.2, 0.25) is 0 Å². The van der Waals surface area contributed by atoms with Crippen molar-refractivity contribution in [3.05, 3.63) is 72.1 Å². The molecule has 1 heteroatoms. The zero-order valence-electron chi connectivity index (χ0n) is 9.01. The Hall–Kier alpha value is -2.15. The maximum Gasteiger partial charge on any atom is 0.0273 e. The summed E-state index contributed by atoms with van der Waals surface area (Å²) in [5, 5.41) is 0. The van der Waals surface area contributed by atoms with Crippen LogP contribution in [0.1, 0.15) is 16.7 Å². The average Bonchev–Trinajstić information content (AvgIpc) is 2.38. The topological polar surface area (TPSA) is 12.9 Å². The Kier molecular flexibility index (Phi) is 3.29. The number of rotatable bonds is 3. The summed E-state index contributed by atoms with van der Waals surface area (Å²) in [5.41, 5.74) is 3.47. The Bertz CT molecular complexity index is 498. The van der Waals surface area contributed by atoms with Crippen molar-refractivity contribution in [2.45, 2.75) is 0 Å². The molecule has 0 aliphatic carbocycles. The van der Waals surface area contributed by atoms with Gasteiger partial charge < -0.3 is 0 Å². The molecule has 0 saturated carbocycles. The van der Waals surface area contributed by atoms with Gasteiger partial charge in [-0.3, -0.25) is 4.98 Å². The Balaban J connectivity index is 2.27. The lowest BCUT2D eigenvalue weighted by Gasteiger charge is -1.99. The van der Waals surface area contributed by atoms with E-state index >= 15 is 0 Å². The molecule has 2 rings (SSSR count). The van der Waals surface area contributed by atoms with E-state index in [1.807, 2.05) is 30.3 Å². The van der Waals surface area contributed by atoms with Crippen LogP contribution in [-0.4, -0.2) is 4.98 Å². The van der Waals surface area contributed by atoms with E-state index in [9.17, 15) is 0 Å². The molecular formula is C15H13N. The first-order valence-corrected chi connectivity index (χ1v) is 5.20. The van der Waals surface area contributed by atoms with Crippen molar-refractivity contribution >= 4 is 18.2 Å². The van der Waals surface area contributed by atoms with Gasteiger partial charge in [0.15, 0.2) is 0 Å². The molecule has 1 aromatic heterocycles. The highest BCUT2D eigenvalue weighted by Gasteiger charge is 1.92. The van der Waals surface area contributed by atoms with Gasteiger partial charge in [0, 0.05) is 12.4 Å². The fraction of sp³-hybridized carbons (Fsp3) is 0. The average molecular weight is 207 g/mol. The van der Waals surface area contributed by atoms with Crippen LogP contribution in [0, 0.1) is 0 Å². The van der Waals surface area contributed by atoms with Crippen LogP contribution in [0.3, 0.4) is 0 Å². The summed E-state index contributed by atoms with van der Waals surface area (Å²) in [6.07, 6.45) is 9.61. The van der Waals surface area contributed by atoms with Gasteiger partial charge >= 0.3 is 0 Å². The number of pyridine rings is 1. The highest BCUT2D eigenvalue weighted by Crippen LogP contribution is 2.13. The van der Waals surface area contributed by atoms with Crippen molar-refractivity contribution in [2.24, 2.45) is 0 Å². The third kappa shape index (κ3) is 2.45. The largest absolute Gasteiger partial charge is 0.265 e. The number of nitrogens with zero attached hydrogens (tertiary/aromatic N) is 1. The lowest BCUT2D eigenvalue weighted by atomic mass is 10.1. The normalized spacial score (nSPS) is 10.5. The van der Waals surface area contributed by atoms with Crippen LogP contribution in [0.15, 0.2) is 55.4 Å². The standard InChI is InChI=1S/C15H13N/c1-2-14-5-3-4-6-15(14)8-7-13-9-11-16-12-10-13/h2-12H,1H2/b8-7+. The molecule has 1 nitrogen and oxygen atoms in total. The van der Waals surface area contributed by atoms with Crippen LogP contribution in [0.5, 0.6) is 0 Å². The summed E-state index contributed by atoms with van der Waals surface area (Å²) < 4.78 is 0. The van der Waals surface area contributed by atoms with E-state index < -0.39 is 0 Å². The first-order chi connectivity index (χ1) is 7.90. The zero-order chi connectivity index (χ0) is 11.2. The highest BCUT2D eigenvalue weighted by molar-refractivity contribution is 5.74. The zero-order valence-corrected chi connectivity index (χ0v) is 9.01. The molecule has 0 atom stereocenters. The maximum atomic E-state index is 3.98. The van der Waals surface area contributed by atoms with E-state index in [-0.39, 0.29) is 0 Å². The van der Waals surface area contributed by atoms with Crippen LogP contribution in [0.2, 0.25) is 0 Å². The third-order valence-corrected chi connectivity index (χ3v) is 2.38. The lowest BCUT2D eigenvalue weighted by Crippen LogP contribution is -1.78. The Morgan fingerprint density at radius 2 is 1.56 bits per heavy atom. The van der Waals surface area contributed by atoms with E-state index in [1.165, 1.54) is 5.56 Å². The summed E-state index contributed by atoms with van der Waals surface area (Å²) in [5.74, 6) is 0. The van der Waals surface area contributed by atoms with E-state index in [4.69, 9.17) is 0 Å². The summed E-state index contributed by atoms with van der Waals surface area (Å²) in [4.78, 5) is 3.98. The summed E-state index contributed by atoms with van der Waals surface area (Å²) in [6, 6.07) is 12.1. The Morgan fingerprint density at radius 1 is 0.875 bits per heavy atom. The van der Waals surface area contributed by atoms with E-state index in [0.717, 1.165) is 11.1 Å². The molecule has 0 radical (unpaired) electrons.